The molecule has 1 aliphatic heterocycles. The number of rotatable bonds is 9. The summed E-state index contributed by atoms with van der Waals surface area (Å²) in [5.41, 5.74) is 4.33. The number of hydrogen-bond donors (Lipinski definition) is 0. The van der Waals surface area contributed by atoms with E-state index >= 15 is 0 Å². The molecule has 0 fully saturated rings. The molecule has 0 spiro atoms. The van der Waals surface area contributed by atoms with Crippen molar-refractivity contribution in [1.29, 1.82) is 0 Å². The largest absolute Gasteiger partial charge is 0.489 e. The molecule has 3 aromatic rings. The number of allylic oxidation sites excluding steroid dienone is 1. The lowest BCUT2D eigenvalue weighted by atomic mass is 10.0. The minimum Gasteiger partial charge on any atom is -0.489 e. The maximum atomic E-state index is 13.4. The molecule has 0 bridgehead atoms. The van der Waals surface area contributed by atoms with Crippen LogP contribution in [0, 0.1) is 0 Å². The van der Waals surface area contributed by atoms with Crippen LogP contribution in [-0.2, 0) is 27.4 Å². The standard InChI is InChI=1S/C30H29NO4/c1-3-34-30(33)28-22(2)31(19-18-23-10-6-4-7-11-23)29(32)27(28)20-24-14-16-26(17-15-24)35-21-25-12-8-5-9-13-25/h4-17,20H,3,18-19,21H2,1-2H3/b27-20-. The van der Waals surface area contributed by atoms with Crippen LogP contribution < -0.4 is 4.74 Å². The van der Waals surface area contributed by atoms with Crippen molar-refractivity contribution in [1.82, 2.24) is 4.90 Å². The molecule has 0 saturated heterocycles. The molecule has 4 rings (SSSR count). The first-order valence-electron chi connectivity index (χ1n) is 11.8. The van der Waals surface area contributed by atoms with E-state index in [1.165, 1.54) is 0 Å². The Hall–Kier alpha value is -4.12. The Kier molecular flexibility index (Phi) is 7.78. The van der Waals surface area contributed by atoms with Crippen LogP contribution in [0.15, 0.2) is 102 Å². The van der Waals surface area contributed by atoms with Gasteiger partial charge in [-0.25, -0.2) is 4.79 Å². The smallest absolute Gasteiger partial charge is 0.340 e. The van der Waals surface area contributed by atoms with E-state index in [9.17, 15) is 9.59 Å². The Bertz CT molecular complexity index is 1230. The number of nitrogens with zero attached hydrogens (tertiary/aromatic N) is 1. The Morgan fingerprint density at radius 2 is 1.51 bits per heavy atom. The summed E-state index contributed by atoms with van der Waals surface area (Å²) in [5.74, 6) is 0.0658. The van der Waals surface area contributed by atoms with Gasteiger partial charge in [-0.15, -0.1) is 0 Å². The van der Waals surface area contributed by atoms with E-state index in [0.717, 1.165) is 22.4 Å². The summed E-state index contributed by atoms with van der Waals surface area (Å²) in [5, 5.41) is 0. The average Bonchev–Trinajstić information content (AvgIpc) is 3.12. The third kappa shape index (κ3) is 5.87. The van der Waals surface area contributed by atoms with Gasteiger partial charge in [0.2, 0.25) is 0 Å². The van der Waals surface area contributed by atoms with E-state index < -0.39 is 5.97 Å². The minimum absolute atomic E-state index is 0.189. The molecule has 0 aliphatic carbocycles. The SMILES string of the molecule is CCOC(=O)C1=C(C)N(CCc2ccccc2)C(=O)/C1=C\c1ccc(OCc2ccccc2)cc1. The number of carbonyl (C=O) groups is 2. The fraction of sp³-hybridized carbons (Fsp3) is 0.200. The molecule has 5 nitrogen and oxygen atoms in total. The van der Waals surface area contributed by atoms with E-state index in [0.29, 0.717) is 36.4 Å². The monoisotopic (exact) mass is 467 g/mol. The normalized spacial score (nSPS) is 14.5. The van der Waals surface area contributed by atoms with Gasteiger partial charge in [0, 0.05) is 12.2 Å². The first-order valence-corrected chi connectivity index (χ1v) is 11.8. The summed E-state index contributed by atoms with van der Waals surface area (Å²) in [7, 11) is 0. The van der Waals surface area contributed by atoms with Gasteiger partial charge in [-0.2, -0.15) is 0 Å². The molecule has 1 amide bonds. The second-order valence-corrected chi connectivity index (χ2v) is 8.27. The molecule has 0 saturated carbocycles. The minimum atomic E-state index is -0.477. The van der Waals surface area contributed by atoms with Crippen molar-refractivity contribution >= 4 is 18.0 Å². The number of hydrogen-bond acceptors (Lipinski definition) is 4. The van der Waals surface area contributed by atoms with Crippen LogP contribution in [0.1, 0.15) is 30.5 Å². The first-order chi connectivity index (χ1) is 17.1. The lowest BCUT2D eigenvalue weighted by Crippen LogP contribution is -2.27. The Labute approximate surface area is 206 Å². The average molecular weight is 468 g/mol. The second kappa shape index (κ2) is 11.3. The van der Waals surface area contributed by atoms with Crippen molar-refractivity contribution < 1.29 is 19.1 Å². The summed E-state index contributed by atoms with van der Waals surface area (Å²) in [6, 6.07) is 27.4. The molecule has 0 unspecified atom stereocenters. The van der Waals surface area contributed by atoms with Gasteiger partial charge >= 0.3 is 5.97 Å². The number of esters is 1. The van der Waals surface area contributed by atoms with E-state index in [4.69, 9.17) is 9.47 Å². The molecular formula is C30H29NO4. The van der Waals surface area contributed by atoms with Crippen molar-refractivity contribution in [3.63, 3.8) is 0 Å². The number of carbonyl (C=O) groups excluding carboxylic acids is 2. The first kappa shape index (κ1) is 24.0. The number of benzene rings is 3. The Balaban J connectivity index is 1.53. The predicted octanol–water partition coefficient (Wildman–Crippen LogP) is 5.57. The summed E-state index contributed by atoms with van der Waals surface area (Å²) in [6.45, 7) is 4.77. The second-order valence-electron chi connectivity index (χ2n) is 8.27. The van der Waals surface area contributed by atoms with Crippen LogP contribution in [-0.4, -0.2) is 29.9 Å². The maximum Gasteiger partial charge on any atom is 0.340 e. The number of ether oxygens (including phenoxy) is 2. The van der Waals surface area contributed by atoms with Crippen LogP contribution in [0.4, 0.5) is 0 Å². The van der Waals surface area contributed by atoms with Gasteiger partial charge in [-0.05, 0) is 55.2 Å². The summed E-state index contributed by atoms with van der Waals surface area (Å²) < 4.78 is 11.1. The molecule has 0 N–H and O–H groups in total. The number of amides is 1. The molecule has 3 aromatic carbocycles. The highest BCUT2D eigenvalue weighted by Crippen LogP contribution is 2.32. The zero-order valence-corrected chi connectivity index (χ0v) is 20.1. The molecule has 0 aromatic heterocycles. The molecule has 1 heterocycles. The zero-order valence-electron chi connectivity index (χ0n) is 20.1. The molecule has 5 heteroatoms. The Morgan fingerprint density at radius 3 is 2.14 bits per heavy atom. The van der Waals surface area contributed by atoms with Gasteiger partial charge in [0.25, 0.3) is 5.91 Å². The van der Waals surface area contributed by atoms with Crippen LogP contribution in [0.2, 0.25) is 0 Å². The third-order valence-corrected chi connectivity index (χ3v) is 5.90. The summed E-state index contributed by atoms with van der Waals surface area (Å²) >= 11 is 0. The fourth-order valence-corrected chi connectivity index (χ4v) is 4.05. The van der Waals surface area contributed by atoms with Gasteiger partial charge < -0.3 is 14.4 Å². The van der Waals surface area contributed by atoms with Crippen LogP contribution in [0.25, 0.3) is 6.08 Å². The molecular weight excluding hydrogens is 438 g/mol. The third-order valence-electron chi connectivity index (χ3n) is 5.90. The topological polar surface area (TPSA) is 55.8 Å². The van der Waals surface area contributed by atoms with Crippen molar-refractivity contribution in [2.24, 2.45) is 0 Å². The van der Waals surface area contributed by atoms with Crippen LogP contribution in [0.3, 0.4) is 0 Å². The van der Waals surface area contributed by atoms with Gasteiger partial charge in [0.05, 0.1) is 17.8 Å². The highest BCUT2D eigenvalue weighted by Gasteiger charge is 2.36. The highest BCUT2D eigenvalue weighted by molar-refractivity contribution is 6.16. The van der Waals surface area contributed by atoms with E-state index in [-0.39, 0.29) is 12.5 Å². The molecule has 0 radical (unpaired) electrons. The molecule has 35 heavy (non-hydrogen) atoms. The van der Waals surface area contributed by atoms with E-state index in [1.807, 2.05) is 84.9 Å². The predicted molar refractivity (Wildman–Crippen MR) is 136 cm³/mol. The van der Waals surface area contributed by atoms with Gasteiger partial charge in [-0.3, -0.25) is 4.79 Å². The zero-order chi connectivity index (χ0) is 24.6. The van der Waals surface area contributed by atoms with E-state index in [2.05, 4.69) is 0 Å². The summed E-state index contributed by atoms with van der Waals surface area (Å²) in [6.07, 6.45) is 2.45. The van der Waals surface area contributed by atoms with Crippen molar-refractivity contribution in [3.8, 4) is 5.75 Å². The molecule has 0 atom stereocenters. The highest BCUT2D eigenvalue weighted by atomic mass is 16.5. The van der Waals surface area contributed by atoms with Crippen LogP contribution >= 0.6 is 0 Å². The Morgan fingerprint density at radius 1 is 0.886 bits per heavy atom. The van der Waals surface area contributed by atoms with Gasteiger partial charge in [-0.1, -0.05) is 72.8 Å². The quantitative estimate of drug-likeness (QED) is 0.305. The van der Waals surface area contributed by atoms with Crippen LogP contribution in [0.5, 0.6) is 5.75 Å². The van der Waals surface area contributed by atoms with Gasteiger partial charge in [0.1, 0.15) is 12.4 Å². The molecule has 178 valence electrons. The lowest BCUT2D eigenvalue weighted by Gasteiger charge is -2.17. The summed E-state index contributed by atoms with van der Waals surface area (Å²) in [4.78, 5) is 27.8. The maximum absolute atomic E-state index is 13.4. The fourth-order valence-electron chi connectivity index (χ4n) is 4.05. The van der Waals surface area contributed by atoms with Crippen molar-refractivity contribution in [2.45, 2.75) is 26.9 Å². The van der Waals surface area contributed by atoms with E-state index in [1.54, 1.807) is 24.8 Å². The van der Waals surface area contributed by atoms with Crippen molar-refractivity contribution in [2.75, 3.05) is 13.2 Å². The lowest BCUT2D eigenvalue weighted by molar-refractivity contribution is -0.138. The van der Waals surface area contributed by atoms with Crippen molar-refractivity contribution in [3.05, 3.63) is 118 Å². The van der Waals surface area contributed by atoms with Gasteiger partial charge in [0.15, 0.2) is 0 Å². The molecule has 1 aliphatic rings.